The van der Waals surface area contributed by atoms with Crippen LogP contribution in [0, 0.1) is 6.92 Å². The zero-order valence-electron chi connectivity index (χ0n) is 13.2. The number of hydrogen-bond donors (Lipinski definition) is 2. The fraction of sp³-hybridized carbons (Fsp3) is 0.176. The van der Waals surface area contributed by atoms with E-state index in [-0.39, 0.29) is 12.4 Å². The quantitative estimate of drug-likeness (QED) is 0.621. The first-order valence-electron chi connectivity index (χ1n) is 7.07. The second-order valence-corrected chi connectivity index (χ2v) is 5.36. The van der Waals surface area contributed by atoms with Crippen LogP contribution in [0.2, 0.25) is 5.02 Å². The zero-order valence-corrected chi connectivity index (χ0v) is 14.0. The molecule has 2 N–H and O–H groups in total. The second kappa shape index (κ2) is 8.21. The van der Waals surface area contributed by atoms with Gasteiger partial charge >= 0.3 is 0 Å². The molecule has 0 heterocycles. The van der Waals surface area contributed by atoms with Gasteiger partial charge in [-0.25, -0.2) is 5.43 Å². The third kappa shape index (κ3) is 4.89. The number of aryl methyl sites for hydroxylation is 1. The van der Waals surface area contributed by atoms with Crippen LogP contribution >= 0.6 is 11.6 Å². The molecule has 24 heavy (non-hydrogen) atoms. The summed E-state index contributed by atoms with van der Waals surface area (Å²) in [6, 6.07) is 9.87. The molecule has 0 aliphatic heterocycles. The smallest absolute Gasteiger partial charge is 0.277 e. The number of hydrazone groups is 1. The molecule has 0 atom stereocenters. The first-order chi connectivity index (χ1) is 11.5. The van der Waals surface area contributed by atoms with Crippen LogP contribution in [-0.4, -0.2) is 30.9 Å². The maximum Gasteiger partial charge on any atom is 0.277 e. The number of phenols is 1. The Balaban J connectivity index is 1.86. The van der Waals surface area contributed by atoms with Crippen molar-refractivity contribution in [2.24, 2.45) is 5.10 Å². The molecule has 0 aromatic heterocycles. The van der Waals surface area contributed by atoms with Gasteiger partial charge in [-0.05, 0) is 54.4 Å². The normalized spacial score (nSPS) is 10.6. The predicted molar refractivity (Wildman–Crippen MR) is 92.1 cm³/mol. The zero-order chi connectivity index (χ0) is 17.5. The van der Waals surface area contributed by atoms with Crippen molar-refractivity contribution in [3.63, 3.8) is 0 Å². The standard InChI is InChI=1S/C17H17ClN2O4/c1-11-7-13(18)4-6-15(11)24-10-17(22)20-19-9-12-3-5-14(21)16(8-12)23-2/h3-9,21H,10H2,1-2H3,(H,20,22)/b19-9+. The Morgan fingerprint density at radius 3 is 2.79 bits per heavy atom. The lowest BCUT2D eigenvalue weighted by atomic mass is 10.2. The van der Waals surface area contributed by atoms with Crippen molar-refractivity contribution >= 4 is 23.7 Å². The number of benzene rings is 2. The Labute approximate surface area is 144 Å². The number of rotatable bonds is 6. The molecule has 0 bridgehead atoms. The Bertz CT molecular complexity index is 762. The highest BCUT2D eigenvalue weighted by molar-refractivity contribution is 6.30. The SMILES string of the molecule is COc1cc(/C=N/NC(=O)COc2ccc(Cl)cc2C)ccc1O. The van der Waals surface area contributed by atoms with Crippen LogP contribution < -0.4 is 14.9 Å². The average molecular weight is 349 g/mol. The van der Waals surface area contributed by atoms with E-state index in [0.29, 0.717) is 22.1 Å². The van der Waals surface area contributed by atoms with E-state index in [1.54, 1.807) is 30.3 Å². The van der Waals surface area contributed by atoms with Gasteiger partial charge in [-0.1, -0.05) is 11.6 Å². The average Bonchev–Trinajstić information content (AvgIpc) is 2.55. The number of phenolic OH excluding ortho intramolecular Hbond substituents is 1. The molecule has 126 valence electrons. The van der Waals surface area contributed by atoms with Gasteiger partial charge in [0.05, 0.1) is 13.3 Å². The summed E-state index contributed by atoms with van der Waals surface area (Å²) >= 11 is 5.86. The highest BCUT2D eigenvalue weighted by atomic mass is 35.5. The summed E-state index contributed by atoms with van der Waals surface area (Å²) in [7, 11) is 1.45. The largest absolute Gasteiger partial charge is 0.504 e. The van der Waals surface area contributed by atoms with Crippen molar-refractivity contribution in [2.45, 2.75) is 6.92 Å². The van der Waals surface area contributed by atoms with Crippen LogP contribution in [-0.2, 0) is 4.79 Å². The van der Waals surface area contributed by atoms with Crippen molar-refractivity contribution in [1.82, 2.24) is 5.43 Å². The molecule has 7 heteroatoms. The molecule has 6 nitrogen and oxygen atoms in total. The van der Waals surface area contributed by atoms with Gasteiger partial charge in [0.1, 0.15) is 5.75 Å². The van der Waals surface area contributed by atoms with E-state index in [4.69, 9.17) is 21.1 Å². The van der Waals surface area contributed by atoms with Crippen LogP contribution in [0.3, 0.4) is 0 Å². The van der Waals surface area contributed by atoms with E-state index in [2.05, 4.69) is 10.5 Å². The maximum absolute atomic E-state index is 11.7. The van der Waals surface area contributed by atoms with Crippen molar-refractivity contribution in [2.75, 3.05) is 13.7 Å². The topological polar surface area (TPSA) is 80.2 Å². The van der Waals surface area contributed by atoms with E-state index in [9.17, 15) is 9.90 Å². The Morgan fingerprint density at radius 2 is 2.08 bits per heavy atom. The summed E-state index contributed by atoms with van der Waals surface area (Å²) in [4.78, 5) is 11.7. The van der Waals surface area contributed by atoms with Crippen molar-refractivity contribution in [3.8, 4) is 17.2 Å². The molecule has 0 aliphatic carbocycles. The molecule has 0 unspecified atom stereocenters. The van der Waals surface area contributed by atoms with Crippen molar-refractivity contribution in [1.29, 1.82) is 0 Å². The van der Waals surface area contributed by atoms with E-state index in [0.717, 1.165) is 5.56 Å². The Kier molecular flexibility index (Phi) is 6.03. The van der Waals surface area contributed by atoms with Gasteiger partial charge in [-0.3, -0.25) is 4.79 Å². The Morgan fingerprint density at radius 1 is 1.29 bits per heavy atom. The molecule has 2 aromatic rings. The van der Waals surface area contributed by atoms with E-state index in [1.807, 2.05) is 6.92 Å². The molecule has 2 rings (SSSR count). The summed E-state index contributed by atoms with van der Waals surface area (Å²) in [5, 5.41) is 13.9. The molecule has 0 saturated heterocycles. The number of hydrogen-bond acceptors (Lipinski definition) is 5. The number of halogens is 1. The lowest BCUT2D eigenvalue weighted by molar-refractivity contribution is -0.123. The number of aromatic hydroxyl groups is 1. The van der Waals surface area contributed by atoms with Crippen LogP contribution in [0.4, 0.5) is 0 Å². The number of amides is 1. The maximum atomic E-state index is 11.7. The summed E-state index contributed by atoms with van der Waals surface area (Å²) in [6.45, 7) is 1.67. The molecule has 0 spiro atoms. The van der Waals surface area contributed by atoms with Crippen LogP contribution in [0.1, 0.15) is 11.1 Å². The van der Waals surface area contributed by atoms with E-state index < -0.39 is 5.91 Å². The van der Waals surface area contributed by atoms with Crippen LogP contribution in [0.25, 0.3) is 0 Å². The van der Waals surface area contributed by atoms with Gasteiger partial charge in [0.2, 0.25) is 0 Å². The minimum absolute atomic E-state index is 0.0328. The lowest BCUT2D eigenvalue weighted by Gasteiger charge is -2.08. The predicted octanol–water partition coefficient (Wildman–Crippen LogP) is 2.89. The first kappa shape index (κ1) is 17.6. The molecule has 0 radical (unpaired) electrons. The van der Waals surface area contributed by atoms with Gasteiger partial charge in [0, 0.05) is 5.02 Å². The van der Waals surface area contributed by atoms with Gasteiger partial charge in [-0.2, -0.15) is 5.10 Å². The minimum atomic E-state index is -0.397. The highest BCUT2D eigenvalue weighted by Gasteiger charge is 2.05. The molecular formula is C17H17ClN2O4. The Hall–Kier alpha value is -2.73. The molecule has 0 saturated carbocycles. The third-order valence-electron chi connectivity index (χ3n) is 3.10. The van der Waals surface area contributed by atoms with E-state index in [1.165, 1.54) is 19.4 Å². The van der Waals surface area contributed by atoms with Gasteiger partial charge in [0.15, 0.2) is 18.1 Å². The van der Waals surface area contributed by atoms with Gasteiger partial charge in [-0.15, -0.1) is 0 Å². The monoisotopic (exact) mass is 348 g/mol. The molecule has 2 aromatic carbocycles. The van der Waals surface area contributed by atoms with Crippen molar-refractivity contribution < 1.29 is 19.4 Å². The molecule has 0 fully saturated rings. The summed E-state index contributed by atoms with van der Waals surface area (Å²) in [6.07, 6.45) is 1.44. The van der Waals surface area contributed by atoms with Crippen LogP contribution in [0.5, 0.6) is 17.2 Å². The number of carbonyl (C=O) groups excluding carboxylic acids is 1. The minimum Gasteiger partial charge on any atom is -0.504 e. The number of methoxy groups -OCH3 is 1. The first-order valence-corrected chi connectivity index (χ1v) is 7.45. The molecule has 0 aliphatic rings. The van der Waals surface area contributed by atoms with E-state index >= 15 is 0 Å². The van der Waals surface area contributed by atoms with Crippen LogP contribution in [0.15, 0.2) is 41.5 Å². The summed E-state index contributed by atoms with van der Waals surface area (Å²) in [5.74, 6) is 0.547. The number of carbonyl (C=O) groups is 1. The second-order valence-electron chi connectivity index (χ2n) is 4.92. The fourth-order valence-corrected chi connectivity index (χ4v) is 2.13. The highest BCUT2D eigenvalue weighted by Crippen LogP contribution is 2.25. The number of nitrogens with zero attached hydrogens (tertiary/aromatic N) is 1. The molecule has 1 amide bonds. The lowest BCUT2D eigenvalue weighted by Crippen LogP contribution is -2.24. The summed E-state index contributed by atoms with van der Waals surface area (Å²) in [5.41, 5.74) is 3.87. The van der Waals surface area contributed by atoms with Crippen molar-refractivity contribution in [3.05, 3.63) is 52.5 Å². The number of nitrogens with one attached hydrogen (secondary N) is 1. The summed E-state index contributed by atoms with van der Waals surface area (Å²) < 4.78 is 10.4. The van der Waals surface area contributed by atoms with Gasteiger partial charge in [0.25, 0.3) is 5.91 Å². The van der Waals surface area contributed by atoms with Gasteiger partial charge < -0.3 is 14.6 Å². The fourth-order valence-electron chi connectivity index (χ4n) is 1.90. The molecular weight excluding hydrogens is 332 g/mol. The third-order valence-corrected chi connectivity index (χ3v) is 3.34. The number of ether oxygens (including phenoxy) is 2.